The van der Waals surface area contributed by atoms with E-state index in [2.05, 4.69) is 104 Å². The molecule has 9 rings (SSSR count). The Kier molecular flexibility index (Phi) is 8.96. The van der Waals surface area contributed by atoms with Gasteiger partial charge in [0, 0.05) is 54.5 Å². The van der Waals surface area contributed by atoms with E-state index in [1.807, 2.05) is 79.0 Å². The largest absolute Gasteiger partial charge is 0.456 e. The van der Waals surface area contributed by atoms with Crippen LogP contribution in [-0.2, 0) is 25.5 Å². The van der Waals surface area contributed by atoms with E-state index in [0.29, 0.717) is 0 Å². The van der Waals surface area contributed by atoms with Gasteiger partial charge in [0.05, 0.1) is 0 Å². The Hall–Kier alpha value is -5.35. The molecule has 0 fully saturated rings. The molecular formula is C45H35IrN3O-2. The first-order chi connectivity index (χ1) is 23.8. The Morgan fingerprint density at radius 3 is 2.04 bits per heavy atom. The number of rotatable bonds is 2. The van der Waals surface area contributed by atoms with Gasteiger partial charge in [0.25, 0.3) is 0 Å². The van der Waals surface area contributed by atoms with Gasteiger partial charge in [0.1, 0.15) is 11.2 Å². The number of fused-ring (bicyclic) bond motifs is 10. The fraction of sp³-hybridized carbons (Fsp3) is 0.111. The molecule has 5 aromatic carbocycles. The minimum Gasteiger partial charge on any atom is -0.456 e. The molecule has 1 radical (unpaired) electrons. The Balaban J connectivity index is 0.000000255. The van der Waals surface area contributed by atoms with Gasteiger partial charge in [-0.05, 0) is 82.0 Å². The summed E-state index contributed by atoms with van der Waals surface area (Å²) in [5.74, 6) is 0. The maximum atomic E-state index is 6.29. The molecule has 3 aromatic heterocycles. The number of benzene rings is 5. The van der Waals surface area contributed by atoms with E-state index in [-0.39, 0.29) is 25.5 Å². The molecule has 247 valence electrons. The van der Waals surface area contributed by atoms with Gasteiger partial charge in [-0.2, -0.15) is 0 Å². The second kappa shape index (κ2) is 13.5. The summed E-state index contributed by atoms with van der Waals surface area (Å²) in [6.07, 6.45) is 3.62. The predicted octanol–water partition coefficient (Wildman–Crippen LogP) is 12.0. The van der Waals surface area contributed by atoms with Gasteiger partial charge in [0.2, 0.25) is 0 Å². The second-order valence-corrected chi connectivity index (χ2v) is 13.4. The predicted molar refractivity (Wildman–Crippen MR) is 202 cm³/mol. The van der Waals surface area contributed by atoms with Crippen LogP contribution in [0.15, 0.2) is 138 Å². The third kappa shape index (κ3) is 6.15. The van der Waals surface area contributed by atoms with Crippen molar-refractivity contribution in [3.63, 3.8) is 0 Å². The molecule has 5 heteroatoms. The van der Waals surface area contributed by atoms with Crippen LogP contribution in [0.4, 0.5) is 11.4 Å². The van der Waals surface area contributed by atoms with E-state index in [0.717, 1.165) is 61.4 Å². The fourth-order valence-corrected chi connectivity index (χ4v) is 6.59. The standard InChI is InChI=1S/C34H27N2O.C11H8N.Ir/c1-20-24-18-22(34(2,3)4)19-25(20)32-29(14-15-31-33(32)23-9-5-6-11-30(23)37-31)36-28-13-12-21(17-26(24)28)27-10-7-8-16-35-27;1-2-6-10(7-3-1)11-8-4-5-9-12-11;/h5-11,13-19,36H,1-4H3;1-6,8-9H;/q2*-1;. The molecule has 50 heavy (non-hydrogen) atoms. The minimum absolute atomic E-state index is 0. The first-order valence-electron chi connectivity index (χ1n) is 16.6. The number of hydrogen-bond acceptors (Lipinski definition) is 4. The van der Waals surface area contributed by atoms with Gasteiger partial charge in [-0.3, -0.25) is 0 Å². The van der Waals surface area contributed by atoms with Crippen LogP contribution < -0.4 is 5.32 Å². The molecule has 0 saturated carbocycles. The molecule has 0 unspecified atom stereocenters. The van der Waals surface area contributed by atoms with Crippen molar-refractivity contribution in [3.8, 4) is 44.8 Å². The summed E-state index contributed by atoms with van der Waals surface area (Å²) < 4.78 is 6.29. The Morgan fingerprint density at radius 2 is 1.34 bits per heavy atom. The van der Waals surface area contributed by atoms with Crippen molar-refractivity contribution in [1.29, 1.82) is 0 Å². The summed E-state index contributed by atoms with van der Waals surface area (Å²) in [5, 5.41) is 6.06. The molecular weight excluding hydrogens is 791 g/mol. The third-order valence-electron chi connectivity index (χ3n) is 9.19. The summed E-state index contributed by atoms with van der Waals surface area (Å²) in [4.78, 5) is 8.80. The second-order valence-electron chi connectivity index (χ2n) is 13.4. The number of nitrogens with zero attached hydrogens (tertiary/aromatic N) is 2. The van der Waals surface area contributed by atoms with Gasteiger partial charge in [-0.15, -0.1) is 59.7 Å². The van der Waals surface area contributed by atoms with Crippen molar-refractivity contribution in [2.24, 2.45) is 0 Å². The number of nitrogens with one attached hydrogen (secondary N) is 1. The molecule has 0 amide bonds. The van der Waals surface area contributed by atoms with E-state index in [9.17, 15) is 0 Å². The van der Waals surface area contributed by atoms with Crippen LogP contribution >= 0.6 is 0 Å². The number of aromatic nitrogens is 2. The van der Waals surface area contributed by atoms with Crippen LogP contribution in [-0.4, -0.2) is 9.97 Å². The summed E-state index contributed by atoms with van der Waals surface area (Å²) in [5.41, 5.74) is 15.2. The normalized spacial score (nSPS) is 11.6. The van der Waals surface area contributed by atoms with Crippen LogP contribution in [0.3, 0.4) is 0 Å². The average Bonchev–Trinajstić information content (AvgIpc) is 3.52. The number of hydrogen-bond donors (Lipinski definition) is 1. The summed E-state index contributed by atoms with van der Waals surface area (Å²) >= 11 is 0. The molecule has 0 atom stereocenters. The van der Waals surface area contributed by atoms with E-state index in [1.165, 1.54) is 27.8 Å². The monoisotopic (exact) mass is 826 g/mol. The number of anilines is 2. The van der Waals surface area contributed by atoms with Gasteiger partial charge in [-0.1, -0.05) is 80.9 Å². The smallest absolute Gasteiger partial charge is 0.136 e. The van der Waals surface area contributed by atoms with Crippen molar-refractivity contribution in [1.82, 2.24) is 9.97 Å². The van der Waals surface area contributed by atoms with Gasteiger partial charge >= 0.3 is 0 Å². The molecule has 4 nitrogen and oxygen atoms in total. The van der Waals surface area contributed by atoms with E-state index < -0.39 is 0 Å². The molecule has 4 heterocycles. The average molecular weight is 826 g/mol. The van der Waals surface area contributed by atoms with E-state index in [4.69, 9.17) is 4.42 Å². The Labute approximate surface area is 306 Å². The summed E-state index contributed by atoms with van der Waals surface area (Å²) in [6, 6.07) is 47.9. The molecule has 1 aliphatic heterocycles. The van der Waals surface area contributed by atoms with E-state index >= 15 is 0 Å². The quantitative estimate of drug-likeness (QED) is 0.176. The summed E-state index contributed by atoms with van der Waals surface area (Å²) in [7, 11) is 0. The Bertz CT molecular complexity index is 2410. The zero-order valence-electron chi connectivity index (χ0n) is 28.3. The molecule has 2 bridgehead atoms. The maximum absolute atomic E-state index is 6.29. The molecule has 1 N–H and O–H groups in total. The van der Waals surface area contributed by atoms with Crippen molar-refractivity contribution < 1.29 is 24.5 Å². The molecule has 8 aromatic rings. The van der Waals surface area contributed by atoms with Crippen LogP contribution in [0.1, 0.15) is 31.9 Å². The van der Waals surface area contributed by atoms with Crippen LogP contribution in [0.25, 0.3) is 66.7 Å². The molecule has 0 aliphatic carbocycles. The summed E-state index contributed by atoms with van der Waals surface area (Å²) in [6.45, 7) is 9.09. The minimum atomic E-state index is -0.0127. The SMILES string of the molecule is Cc1c2cc(C(C)(C)C)cc1-c1c(ccc3oc4ccccc4c13)Nc1c[c-]c(-c3ccccn3)cc1-2.[Ir].[c-]1ccccc1-c1ccccn1. The molecule has 1 aliphatic rings. The van der Waals surface area contributed by atoms with Crippen LogP contribution in [0.5, 0.6) is 0 Å². The third-order valence-corrected chi connectivity index (χ3v) is 9.19. The van der Waals surface area contributed by atoms with Crippen molar-refractivity contribution in [3.05, 3.63) is 157 Å². The van der Waals surface area contributed by atoms with Crippen molar-refractivity contribution in [2.45, 2.75) is 33.1 Å². The van der Waals surface area contributed by atoms with Crippen molar-refractivity contribution in [2.75, 3.05) is 5.32 Å². The fourth-order valence-electron chi connectivity index (χ4n) is 6.59. The number of furan rings is 1. The van der Waals surface area contributed by atoms with Crippen molar-refractivity contribution >= 4 is 33.3 Å². The van der Waals surface area contributed by atoms with Crippen LogP contribution in [0, 0.1) is 19.1 Å². The zero-order chi connectivity index (χ0) is 33.5. The maximum Gasteiger partial charge on any atom is 0.136 e. The first kappa shape index (κ1) is 33.2. The molecule has 0 spiro atoms. The van der Waals surface area contributed by atoms with Gasteiger partial charge in [-0.25, -0.2) is 0 Å². The van der Waals surface area contributed by atoms with Crippen LogP contribution in [0.2, 0.25) is 0 Å². The number of para-hydroxylation sites is 1. The topological polar surface area (TPSA) is 51.0 Å². The van der Waals surface area contributed by atoms with E-state index in [1.54, 1.807) is 6.20 Å². The Morgan fingerprint density at radius 1 is 0.640 bits per heavy atom. The first-order valence-corrected chi connectivity index (χ1v) is 16.6. The molecule has 0 saturated heterocycles. The van der Waals surface area contributed by atoms with Gasteiger partial charge in [0.15, 0.2) is 0 Å². The number of pyridine rings is 2. The zero-order valence-corrected chi connectivity index (χ0v) is 30.7. The van der Waals surface area contributed by atoms with Gasteiger partial charge < -0.3 is 19.7 Å².